The number of nitrogens with zero attached hydrogens (tertiary/aromatic N) is 1. The molecule has 0 unspecified atom stereocenters. The molecule has 0 fully saturated rings. The zero-order chi connectivity index (χ0) is 14.3. The topological polar surface area (TPSA) is 71.5 Å². The third-order valence-corrected chi connectivity index (χ3v) is 5.96. The van der Waals surface area contributed by atoms with E-state index in [4.69, 9.17) is 23.2 Å². The van der Waals surface area contributed by atoms with Gasteiger partial charge in [0.1, 0.15) is 0 Å². The molecule has 0 aliphatic rings. The molecule has 1 aromatic rings. The highest BCUT2D eigenvalue weighted by atomic mass is 35.5. The van der Waals surface area contributed by atoms with Crippen molar-refractivity contribution in [3.63, 3.8) is 0 Å². The van der Waals surface area contributed by atoms with Crippen molar-refractivity contribution >= 4 is 48.9 Å². The first-order valence-corrected chi connectivity index (χ1v) is 8.92. The highest BCUT2D eigenvalue weighted by molar-refractivity contribution is 8.09. The average molecular weight is 331 g/mol. The smallest absolute Gasteiger partial charge is 0.206 e. The molecule has 1 radical (unpaired) electrons. The standard InChI is InChI=1S/C9H10Cl2NO4S2/c1-6-7(10)4-5-8(9(6)11)12(17(2,13)14)18(3,15)16/h4-5H,1H2,2-3H3. The third-order valence-electron chi connectivity index (χ3n) is 1.96. The van der Waals surface area contributed by atoms with Gasteiger partial charge in [0.05, 0.1) is 23.2 Å². The zero-order valence-electron chi connectivity index (χ0n) is 9.51. The Morgan fingerprint density at radius 2 is 1.50 bits per heavy atom. The monoisotopic (exact) mass is 330 g/mol. The highest BCUT2D eigenvalue weighted by Gasteiger charge is 2.29. The average Bonchev–Trinajstić information content (AvgIpc) is 2.15. The summed E-state index contributed by atoms with van der Waals surface area (Å²) in [6, 6.07) is 2.54. The van der Waals surface area contributed by atoms with Gasteiger partial charge in [-0.2, -0.15) is 3.71 Å². The Balaban J connectivity index is 3.67. The number of halogens is 2. The lowest BCUT2D eigenvalue weighted by Crippen LogP contribution is -2.35. The number of hydrogen-bond donors (Lipinski definition) is 0. The fraction of sp³-hybridized carbons (Fsp3) is 0.222. The minimum atomic E-state index is -4.04. The Bertz CT molecular complexity index is 651. The summed E-state index contributed by atoms with van der Waals surface area (Å²) in [5.41, 5.74) is -0.0378. The van der Waals surface area contributed by atoms with Gasteiger partial charge in [-0.3, -0.25) is 0 Å². The van der Waals surface area contributed by atoms with E-state index in [2.05, 4.69) is 6.92 Å². The summed E-state index contributed by atoms with van der Waals surface area (Å²) in [6.07, 6.45) is 1.53. The summed E-state index contributed by atoms with van der Waals surface area (Å²) >= 11 is 11.6. The van der Waals surface area contributed by atoms with Gasteiger partial charge in [0, 0.05) is 5.02 Å². The maximum Gasteiger partial charge on any atom is 0.245 e. The van der Waals surface area contributed by atoms with Crippen LogP contribution in [0.25, 0.3) is 0 Å². The number of sulfonamides is 2. The van der Waals surface area contributed by atoms with Crippen LogP contribution in [-0.2, 0) is 20.0 Å². The van der Waals surface area contributed by atoms with Crippen molar-refractivity contribution in [3.05, 3.63) is 34.7 Å². The first-order chi connectivity index (χ1) is 7.96. The van der Waals surface area contributed by atoms with E-state index in [1.807, 2.05) is 0 Å². The lowest BCUT2D eigenvalue weighted by Gasteiger charge is -2.21. The minimum absolute atomic E-state index is 0.127. The van der Waals surface area contributed by atoms with Crippen molar-refractivity contribution in [2.24, 2.45) is 0 Å². The van der Waals surface area contributed by atoms with Gasteiger partial charge in [-0.15, -0.1) is 0 Å². The van der Waals surface area contributed by atoms with E-state index in [9.17, 15) is 16.8 Å². The lowest BCUT2D eigenvalue weighted by atomic mass is 10.2. The molecule has 0 atom stereocenters. The van der Waals surface area contributed by atoms with E-state index < -0.39 is 20.0 Å². The Hall–Kier alpha value is -0.500. The van der Waals surface area contributed by atoms with E-state index in [1.165, 1.54) is 12.1 Å². The van der Waals surface area contributed by atoms with E-state index in [0.717, 1.165) is 12.5 Å². The normalized spacial score (nSPS) is 12.5. The molecule has 0 saturated carbocycles. The van der Waals surface area contributed by atoms with Crippen LogP contribution in [0.2, 0.25) is 10.0 Å². The van der Waals surface area contributed by atoms with Crippen LogP contribution in [0.5, 0.6) is 0 Å². The second-order valence-electron chi connectivity index (χ2n) is 3.58. The highest BCUT2D eigenvalue weighted by Crippen LogP contribution is 2.35. The molecule has 0 saturated heterocycles. The SMILES string of the molecule is [CH2]c1c(Cl)ccc(N(S(C)(=O)=O)S(C)(=O)=O)c1Cl. The Kier molecular flexibility index (Phi) is 4.22. The summed E-state index contributed by atoms with van der Waals surface area (Å²) in [4.78, 5) is 0. The first kappa shape index (κ1) is 15.6. The van der Waals surface area contributed by atoms with Crippen LogP contribution in [0.4, 0.5) is 5.69 Å². The molecule has 1 rings (SSSR count). The van der Waals surface area contributed by atoms with Crippen molar-refractivity contribution < 1.29 is 16.8 Å². The van der Waals surface area contributed by atoms with E-state index in [-0.39, 0.29) is 25.0 Å². The molecule has 9 heteroatoms. The Morgan fingerprint density at radius 1 is 1.06 bits per heavy atom. The predicted molar refractivity (Wildman–Crippen MR) is 73.1 cm³/mol. The van der Waals surface area contributed by atoms with Crippen LogP contribution in [0.1, 0.15) is 5.56 Å². The van der Waals surface area contributed by atoms with E-state index in [0.29, 0.717) is 0 Å². The number of rotatable bonds is 3. The molecular weight excluding hydrogens is 321 g/mol. The molecule has 0 amide bonds. The van der Waals surface area contributed by atoms with Crippen molar-refractivity contribution in [2.45, 2.75) is 0 Å². The number of anilines is 1. The molecule has 0 aliphatic heterocycles. The molecule has 1 aromatic carbocycles. The summed E-state index contributed by atoms with van der Waals surface area (Å²) < 4.78 is 46.5. The molecule has 0 spiro atoms. The molecule has 0 heterocycles. The molecule has 101 valence electrons. The quantitative estimate of drug-likeness (QED) is 0.848. The lowest BCUT2D eigenvalue weighted by molar-refractivity contribution is 0.590. The maximum atomic E-state index is 11.6. The van der Waals surface area contributed by atoms with Crippen LogP contribution in [0, 0.1) is 6.92 Å². The summed E-state index contributed by atoms with van der Waals surface area (Å²) in [5, 5.41) is 0.0871. The van der Waals surface area contributed by atoms with Gasteiger partial charge in [0.2, 0.25) is 20.0 Å². The van der Waals surface area contributed by atoms with Crippen molar-refractivity contribution in [1.82, 2.24) is 0 Å². The van der Waals surface area contributed by atoms with Gasteiger partial charge in [-0.1, -0.05) is 23.2 Å². The molecule has 18 heavy (non-hydrogen) atoms. The van der Waals surface area contributed by atoms with Crippen LogP contribution in [0.3, 0.4) is 0 Å². The number of hydrogen-bond acceptors (Lipinski definition) is 4. The van der Waals surface area contributed by atoms with Gasteiger partial charge in [0.25, 0.3) is 0 Å². The minimum Gasteiger partial charge on any atom is -0.206 e. The molecule has 5 nitrogen and oxygen atoms in total. The molecule has 0 aromatic heterocycles. The van der Waals surface area contributed by atoms with Crippen molar-refractivity contribution in [2.75, 3.05) is 16.2 Å². The van der Waals surface area contributed by atoms with Crippen molar-refractivity contribution in [1.29, 1.82) is 0 Å². The third kappa shape index (κ3) is 3.09. The van der Waals surface area contributed by atoms with Gasteiger partial charge in [-0.05, 0) is 24.6 Å². The van der Waals surface area contributed by atoms with Crippen LogP contribution in [-0.4, -0.2) is 29.3 Å². The molecule has 0 N–H and O–H groups in total. The molecule has 0 aliphatic carbocycles. The number of benzene rings is 1. The predicted octanol–water partition coefficient (Wildman–Crippen LogP) is 1.90. The van der Waals surface area contributed by atoms with E-state index >= 15 is 0 Å². The van der Waals surface area contributed by atoms with Crippen LogP contribution in [0.15, 0.2) is 12.1 Å². The second-order valence-corrected chi connectivity index (χ2v) is 8.26. The van der Waals surface area contributed by atoms with Gasteiger partial charge in [0.15, 0.2) is 0 Å². The van der Waals surface area contributed by atoms with E-state index in [1.54, 1.807) is 0 Å². The van der Waals surface area contributed by atoms with Crippen molar-refractivity contribution in [3.8, 4) is 0 Å². The Morgan fingerprint density at radius 3 is 1.89 bits per heavy atom. The fourth-order valence-electron chi connectivity index (χ4n) is 1.33. The summed E-state index contributed by atoms with van der Waals surface area (Å²) in [6.45, 7) is 3.55. The Labute approximate surface area is 116 Å². The molecular formula is C9H10Cl2NO4S2. The van der Waals surface area contributed by atoms with Gasteiger partial charge < -0.3 is 0 Å². The fourth-order valence-corrected chi connectivity index (χ4v) is 4.87. The maximum absolute atomic E-state index is 11.6. The first-order valence-electron chi connectivity index (χ1n) is 4.46. The van der Waals surface area contributed by atoms with Crippen LogP contribution >= 0.6 is 23.2 Å². The summed E-state index contributed by atoms with van der Waals surface area (Å²) in [5.74, 6) is 0. The second kappa shape index (κ2) is 4.88. The van der Waals surface area contributed by atoms with Crippen LogP contribution < -0.4 is 3.71 Å². The van der Waals surface area contributed by atoms with Gasteiger partial charge in [-0.25, -0.2) is 16.8 Å². The zero-order valence-corrected chi connectivity index (χ0v) is 12.7. The van der Waals surface area contributed by atoms with Gasteiger partial charge >= 0.3 is 0 Å². The summed E-state index contributed by atoms with van der Waals surface area (Å²) in [7, 11) is -8.08. The molecule has 0 bridgehead atoms. The largest absolute Gasteiger partial charge is 0.245 e.